The molecule has 0 amide bonds. The molecule has 18 heavy (non-hydrogen) atoms. The Morgan fingerprint density at radius 2 is 1.78 bits per heavy atom. The summed E-state index contributed by atoms with van der Waals surface area (Å²) in [5.41, 5.74) is 1.50. The Kier molecular flexibility index (Phi) is 5.73. The van der Waals surface area contributed by atoms with Gasteiger partial charge in [0.15, 0.2) is 0 Å². The van der Waals surface area contributed by atoms with Gasteiger partial charge in [0.05, 0.1) is 0 Å². The summed E-state index contributed by atoms with van der Waals surface area (Å²) < 4.78 is 0. The van der Waals surface area contributed by atoms with E-state index in [-0.39, 0.29) is 0 Å². The third-order valence-electron chi connectivity index (χ3n) is 4.42. The molecule has 0 radical (unpaired) electrons. The summed E-state index contributed by atoms with van der Waals surface area (Å²) in [5.74, 6) is 1.90. The molecule has 1 nitrogen and oxygen atoms in total. The van der Waals surface area contributed by atoms with Crippen LogP contribution >= 0.6 is 0 Å². The van der Waals surface area contributed by atoms with E-state index in [2.05, 4.69) is 42.7 Å². The fourth-order valence-corrected chi connectivity index (χ4v) is 3.41. The highest BCUT2D eigenvalue weighted by molar-refractivity contribution is 5.14. The molecule has 2 rings (SSSR count). The zero-order valence-corrected chi connectivity index (χ0v) is 11.7. The maximum Gasteiger partial charge on any atom is -0.00209 e. The molecular weight excluding hydrogens is 218 g/mol. The van der Waals surface area contributed by atoms with Crippen molar-refractivity contribution >= 4 is 0 Å². The Morgan fingerprint density at radius 1 is 1.06 bits per heavy atom. The molecule has 2 unspecified atom stereocenters. The van der Waals surface area contributed by atoms with Crippen molar-refractivity contribution in [2.24, 2.45) is 11.8 Å². The lowest BCUT2D eigenvalue weighted by Crippen LogP contribution is -2.28. The molecule has 0 aliphatic heterocycles. The third kappa shape index (κ3) is 4.13. The first-order chi connectivity index (χ1) is 8.90. The van der Waals surface area contributed by atoms with E-state index in [9.17, 15) is 0 Å². The highest BCUT2D eigenvalue weighted by Gasteiger charge is 2.23. The molecule has 1 aliphatic carbocycles. The minimum absolute atomic E-state index is 0.930. The second-order valence-corrected chi connectivity index (χ2v) is 5.74. The van der Waals surface area contributed by atoms with Crippen molar-refractivity contribution in [1.29, 1.82) is 0 Å². The Hall–Kier alpha value is -0.820. The van der Waals surface area contributed by atoms with E-state index in [1.54, 1.807) is 0 Å². The molecule has 1 aromatic rings. The van der Waals surface area contributed by atoms with Gasteiger partial charge >= 0.3 is 0 Å². The van der Waals surface area contributed by atoms with E-state index in [0.717, 1.165) is 11.8 Å². The maximum absolute atomic E-state index is 3.38. The lowest BCUT2D eigenvalue weighted by atomic mass is 9.76. The van der Waals surface area contributed by atoms with Crippen molar-refractivity contribution in [3.63, 3.8) is 0 Å². The van der Waals surface area contributed by atoms with Gasteiger partial charge in [-0.25, -0.2) is 0 Å². The summed E-state index contributed by atoms with van der Waals surface area (Å²) in [5, 5.41) is 3.38. The van der Waals surface area contributed by atoms with Crippen LogP contribution in [0.3, 0.4) is 0 Å². The molecule has 0 aromatic heterocycles. The van der Waals surface area contributed by atoms with Gasteiger partial charge in [-0.2, -0.15) is 0 Å². The topological polar surface area (TPSA) is 12.0 Å². The summed E-state index contributed by atoms with van der Waals surface area (Å²) in [6, 6.07) is 10.9. The molecule has 0 bridgehead atoms. The SMILES string of the molecule is CNCC1CCCCC1CCCc1ccccc1. The van der Waals surface area contributed by atoms with Crippen molar-refractivity contribution in [2.45, 2.75) is 44.9 Å². The number of rotatable bonds is 6. The molecule has 100 valence electrons. The number of hydrogen-bond donors (Lipinski definition) is 1. The molecule has 1 N–H and O–H groups in total. The quantitative estimate of drug-likeness (QED) is 0.797. The molecule has 2 atom stereocenters. The van der Waals surface area contributed by atoms with Crippen LogP contribution in [-0.2, 0) is 6.42 Å². The summed E-state index contributed by atoms with van der Waals surface area (Å²) >= 11 is 0. The number of hydrogen-bond acceptors (Lipinski definition) is 1. The molecule has 1 aliphatic rings. The Balaban J connectivity index is 1.74. The van der Waals surface area contributed by atoms with Gasteiger partial charge in [-0.05, 0) is 56.7 Å². The van der Waals surface area contributed by atoms with Crippen LogP contribution in [0.1, 0.15) is 44.1 Å². The summed E-state index contributed by atoms with van der Waals surface area (Å²) in [6.07, 6.45) is 9.83. The van der Waals surface area contributed by atoms with Gasteiger partial charge in [0.25, 0.3) is 0 Å². The normalized spacial score (nSPS) is 24.1. The van der Waals surface area contributed by atoms with Gasteiger partial charge < -0.3 is 5.32 Å². The first-order valence-corrected chi connectivity index (χ1v) is 7.58. The van der Waals surface area contributed by atoms with E-state index in [0.29, 0.717) is 0 Å². The Morgan fingerprint density at radius 3 is 2.50 bits per heavy atom. The predicted octanol–water partition coefficient (Wildman–Crippen LogP) is 4.04. The predicted molar refractivity (Wildman–Crippen MR) is 78.8 cm³/mol. The van der Waals surface area contributed by atoms with Crippen LogP contribution in [-0.4, -0.2) is 13.6 Å². The zero-order chi connectivity index (χ0) is 12.6. The smallest absolute Gasteiger partial charge is 0.00209 e. The summed E-state index contributed by atoms with van der Waals surface area (Å²) in [4.78, 5) is 0. The van der Waals surface area contributed by atoms with E-state index in [1.165, 1.54) is 57.1 Å². The van der Waals surface area contributed by atoms with E-state index < -0.39 is 0 Å². The molecular formula is C17H27N. The summed E-state index contributed by atoms with van der Waals surface area (Å²) in [7, 11) is 2.09. The minimum atomic E-state index is 0.930. The molecule has 1 aromatic carbocycles. The second kappa shape index (κ2) is 7.58. The lowest BCUT2D eigenvalue weighted by molar-refractivity contribution is 0.217. The van der Waals surface area contributed by atoms with Gasteiger partial charge in [-0.3, -0.25) is 0 Å². The molecule has 1 heteroatoms. The molecule has 0 spiro atoms. The van der Waals surface area contributed by atoms with Crippen LogP contribution in [0.25, 0.3) is 0 Å². The highest BCUT2D eigenvalue weighted by Crippen LogP contribution is 2.33. The minimum Gasteiger partial charge on any atom is -0.319 e. The van der Waals surface area contributed by atoms with Crippen molar-refractivity contribution in [1.82, 2.24) is 5.32 Å². The van der Waals surface area contributed by atoms with Crippen LogP contribution in [0.4, 0.5) is 0 Å². The van der Waals surface area contributed by atoms with Gasteiger partial charge in [0, 0.05) is 0 Å². The van der Waals surface area contributed by atoms with Crippen molar-refractivity contribution in [3.8, 4) is 0 Å². The van der Waals surface area contributed by atoms with E-state index in [1.807, 2.05) is 0 Å². The number of nitrogens with one attached hydrogen (secondary N) is 1. The zero-order valence-electron chi connectivity index (χ0n) is 11.7. The molecule has 0 heterocycles. The van der Waals surface area contributed by atoms with E-state index in [4.69, 9.17) is 0 Å². The molecule has 0 saturated heterocycles. The fraction of sp³-hybridized carbons (Fsp3) is 0.647. The largest absolute Gasteiger partial charge is 0.319 e. The van der Waals surface area contributed by atoms with Crippen LogP contribution in [0.2, 0.25) is 0 Å². The van der Waals surface area contributed by atoms with Crippen LogP contribution in [0, 0.1) is 11.8 Å². The van der Waals surface area contributed by atoms with Crippen LogP contribution in [0.5, 0.6) is 0 Å². The highest BCUT2D eigenvalue weighted by atomic mass is 14.8. The van der Waals surface area contributed by atoms with E-state index >= 15 is 0 Å². The van der Waals surface area contributed by atoms with Gasteiger partial charge in [-0.15, -0.1) is 0 Å². The lowest BCUT2D eigenvalue weighted by Gasteiger charge is -2.31. The Bertz CT molecular complexity index is 318. The maximum atomic E-state index is 3.38. The Labute approximate surface area is 112 Å². The number of benzene rings is 1. The van der Waals surface area contributed by atoms with Gasteiger partial charge in [0.1, 0.15) is 0 Å². The molecule has 1 fully saturated rings. The van der Waals surface area contributed by atoms with Gasteiger partial charge in [0.2, 0.25) is 0 Å². The third-order valence-corrected chi connectivity index (χ3v) is 4.42. The first-order valence-electron chi connectivity index (χ1n) is 7.58. The van der Waals surface area contributed by atoms with Gasteiger partial charge in [-0.1, -0.05) is 49.6 Å². The summed E-state index contributed by atoms with van der Waals surface area (Å²) in [6.45, 7) is 1.22. The molecule has 1 saturated carbocycles. The van der Waals surface area contributed by atoms with Crippen molar-refractivity contribution < 1.29 is 0 Å². The standard InChI is InChI=1S/C17H27N/c1-18-14-17-12-6-5-11-16(17)13-7-10-15-8-3-2-4-9-15/h2-4,8-9,16-18H,5-7,10-14H2,1H3. The van der Waals surface area contributed by atoms with Crippen LogP contribution < -0.4 is 5.32 Å². The fourth-order valence-electron chi connectivity index (χ4n) is 3.41. The monoisotopic (exact) mass is 245 g/mol. The average Bonchev–Trinajstić information content (AvgIpc) is 2.42. The average molecular weight is 245 g/mol. The van der Waals surface area contributed by atoms with Crippen molar-refractivity contribution in [2.75, 3.05) is 13.6 Å². The van der Waals surface area contributed by atoms with Crippen LogP contribution in [0.15, 0.2) is 30.3 Å². The van der Waals surface area contributed by atoms with Crippen molar-refractivity contribution in [3.05, 3.63) is 35.9 Å². The number of aryl methyl sites for hydroxylation is 1. The first kappa shape index (κ1) is 13.6. The second-order valence-electron chi connectivity index (χ2n) is 5.74.